The Labute approximate surface area is 106 Å². The van der Waals surface area contributed by atoms with Gasteiger partial charge >= 0.3 is 11.9 Å². The maximum absolute atomic E-state index is 11.3. The van der Waals surface area contributed by atoms with Gasteiger partial charge in [-0.2, -0.15) is 0 Å². The Morgan fingerprint density at radius 2 is 2.12 bits per heavy atom. The molecule has 17 heavy (non-hydrogen) atoms. The van der Waals surface area contributed by atoms with Crippen molar-refractivity contribution in [1.29, 1.82) is 0 Å². The van der Waals surface area contributed by atoms with Gasteiger partial charge in [0.15, 0.2) is 0 Å². The number of ether oxygens (including phenoxy) is 1. The van der Waals surface area contributed by atoms with Crippen LogP contribution in [0.1, 0.15) is 39.0 Å². The lowest BCUT2D eigenvalue weighted by Crippen LogP contribution is -2.14. The maximum atomic E-state index is 11.3. The fraction of sp³-hybridized carbons (Fsp3) is 0.833. The summed E-state index contributed by atoms with van der Waals surface area (Å²) in [6.07, 6.45) is 4.08. The molecule has 5 heteroatoms. The summed E-state index contributed by atoms with van der Waals surface area (Å²) in [5.74, 6) is 0.163. The second-order valence-corrected chi connectivity index (χ2v) is 5.62. The number of rotatable bonds is 9. The SMILES string of the molecule is CCCCOC(=O)CSCC1(CC(=O)O)CC1. The van der Waals surface area contributed by atoms with Crippen LogP contribution in [0, 0.1) is 5.41 Å². The lowest BCUT2D eigenvalue weighted by atomic mass is 10.1. The molecule has 0 amide bonds. The first-order valence-electron chi connectivity index (χ1n) is 6.03. The average molecular weight is 260 g/mol. The summed E-state index contributed by atoms with van der Waals surface area (Å²) in [7, 11) is 0. The van der Waals surface area contributed by atoms with Gasteiger partial charge in [-0.15, -0.1) is 11.8 Å². The quantitative estimate of drug-likeness (QED) is 0.509. The minimum Gasteiger partial charge on any atom is -0.481 e. The zero-order valence-corrected chi connectivity index (χ0v) is 11.1. The van der Waals surface area contributed by atoms with Crippen LogP contribution in [0.5, 0.6) is 0 Å². The van der Waals surface area contributed by atoms with Gasteiger partial charge in [0, 0.05) is 5.75 Å². The molecule has 0 atom stereocenters. The number of aliphatic carboxylic acids is 1. The van der Waals surface area contributed by atoms with Crippen LogP contribution >= 0.6 is 11.8 Å². The molecule has 1 saturated carbocycles. The molecule has 0 aromatic rings. The molecule has 1 rings (SSSR count). The van der Waals surface area contributed by atoms with Crippen molar-refractivity contribution in [1.82, 2.24) is 0 Å². The summed E-state index contributed by atoms with van der Waals surface area (Å²) in [6.45, 7) is 2.54. The fourth-order valence-electron chi connectivity index (χ4n) is 1.59. The van der Waals surface area contributed by atoms with Gasteiger partial charge in [0.05, 0.1) is 18.8 Å². The van der Waals surface area contributed by atoms with Crippen molar-refractivity contribution in [2.75, 3.05) is 18.1 Å². The summed E-state index contributed by atoms with van der Waals surface area (Å²) in [4.78, 5) is 21.9. The van der Waals surface area contributed by atoms with E-state index in [0.717, 1.165) is 31.4 Å². The number of carboxylic acids is 1. The summed E-state index contributed by atoms with van der Waals surface area (Å²) in [5, 5.41) is 8.74. The molecular weight excluding hydrogens is 240 g/mol. The van der Waals surface area contributed by atoms with Gasteiger partial charge in [0.2, 0.25) is 0 Å². The molecule has 0 aromatic carbocycles. The fourth-order valence-corrected chi connectivity index (χ4v) is 2.77. The van der Waals surface area contributed by atoms with Crippen LogP contribution in [0.25, 0.3) is 0 Å². The Morgan fingerprint density at radius 3 is 2.65 bits per heavy atom. The maximum Gasteiger partial charge on any atom is 0.315 e. The zero-order chi connectivity index (χ0) is 12.7. The summed E-state index contributed by atoms with van der Waals surface area (Å²) in [5.41, 5.74) is -0.0415. The Hall–Kier alpha value is -0.710. The predicted molar refractivity (Wildman–Crippen MR) is 67.1 cm³/mol. The molecule has 1 N–H and O–H groups in total. The van der Waals surface area contributed by atoms with E-state index in [-0.39, 0.29) is 17.8 Å². The molecule has 0 aliphatic heterocycles. The third-order valence-corrected chi connectivity index (χ3v) is 4.13. The van der Waals surface area contributed by atoms with Crippen LogP contribution in [-0.4, -0.2) is 35.2 Å². The molecule has 0 spiro atoms. The number of carbonyl (C=O) groups excluding carboxylic acids is 1. The predicted octanol–water partition coefficient (Wildman–Crippen LogP) is 2.32. The summed E-state index contributed by atoms with van der Waals surface area (Å²) >= 11 is 1.49. The van der Waals surface area contributed by atoms with Gasteiger partial charge in [0.25, 0.3) is 0 Å². The van der Waals surface area contributed by atoms with Crippen molar-refractivity contribution in [3.05, 3.63) is 0 Å². The number of esters is 1. The van der Waals surface area contributed by atoms with Crippen molar-refractivity contribution in [2.45, 2.75) is 39.0 Å². The Kier molecular flexibility index (Phi) is 5.82. The van der Waals surface area contributed by atoms with Gasteiger partial charge in [-0.05, 0) is 24.7 Å². The van der Waals surface area contributed by atoms with E-state index in [0.29, 0.717) is 12.4 Å². The van der Waals surface area contributed by atoms with Crippen molar-refractivity contribution >= 4 is 23.7 Å². The molecule has 1 fully saturated rings. The molecule has 0 bridgehead atoms. The zero-order valence-electron chi connectivity index (χ0n) is 10.2. The van der Waals surface area contributed by atoms with Gasteiger partial charge in [-0.25, -0.2) is 0 Å². The normalized spacial score (nSPS) is 16.5. The second-order valence-electron chi connectivity index (χ2n) is 4.64. The highest BCUT2D eigenvalue weighted by Gasteiger charge is 2.44. The molecule has 4 nitrogen and oxygen atoms in total. The number of thioether (sulfide) groups is 1. The van der Waals surface area contributed by atoms with Crippen LogP contribution in [0.4, 0.5) is 0 Å². The highest BCUT2D eigenvalue weighted by Crippen LogP contribution is 2.50. The average Bonchev–Trinajstić information content (AvgIpc) is 2.97. The van der Waals surface area contributed by atoms with Gasteiger partial charge in [-0.3, -0.25) is 9.59 Å². The molecule has 98 valence electrons. The molecular formula is C12H20O4S. The summed E-state index contributed by atoms with van der Waals surface area (Å²) in [6, 6.07) is 0. The van der Waals surface area contributed by atoms with E-state index in [1.807, 2.05) is 6.92 Å². The largest absolute Gasteiger partial charge is 0.481 e. The van der Waals surface area contributed by atoms with Crippen LogP contribution in [0.3, 0.4) is 0 Å². The van der Waals surface area contributed by atoms with E-state index in [4.69, 9.17) is 9.84 Å². The van der Waals surface area contributed by atoms with Crippen molar-refractivity contribution in [2.24, 2.45) is 5.41 Å². The molecule has 0 saturated heterocycles. The van der Waals surface area contributed by atoms with Gasteiger partial charge in [-0.1, -0.05) is 13.3 Å². The minimum absolute atomic E-state index is 0.0415. The molecule has 1 aliphatic rings. The van der Waals surface area contributed by atoms with E-state index in [1.54, 1.807) is 0 Å². The standard InChI is InChI=1S/C12H20O4S/c1-2-3-6-16-11(15)8-17-9-12(4-5-12)7-10(13)14/h2-9H2,1H3,(H,13,14). The first-order chi connectivity index (χ1) is 8.08. The molecule has 0 aromatic heterocycles. The lowest BCUT2D eigenvalue weighted by Gasteiger charge is -2.11. The Balaban J connectivity index is 2.07. The molecule has 1 aliphatic carbocycles. The van der Waals surface area contributed by atoms with Crippen molar-refractivity contribution in [3.63, 3.8) is 0 Å². The van der Waals surface area contributed by atoms with Gasteiger partial charge in [0.1, 0.15) is 0 Å². The number of hydrogen-bond donors (Lipinski definition) is 1. The number of carbonyl (C=O) groups is 2. The minimum atomic E-state index is -0.742. The highest BCUT2D eigenvalue weighted by molar-refractivity contribution is 7.99. The van der Waals surface area contributed by atoms with E-state index in [2.05, 4.69) is 0 Å². The summed E-state index contributed by atoms with van der Waals surface area (Å²) < 4.78 is 5.02. The Bertz CT molecular complexity index is 274. The monoisotopic (exact) mass is 260 g/mol. The smallest absolute Gasteiger partial charge is 0.315 e. The van der Waals surface area contributed by atoms with Crippen LogP contribution in [0.2, 0.25) is 0 Å². The van der Waals surface area contributed by atoms with Gasteiger partial charge < -0.3 is 9.84 Å². The van der Waals surface area contributed by atoms with E-state index in [1.165, 1.54) is 11.8 Å². The number of hydrogen-bond acceptors (Lipinski definition) is 4. The highest BCUT2D eigenvalue weighted by atomic mass is 32.2. The van der Waals surface area contributed by atoms with Crippen molar-refractivity contribution in [3.8, 4) is 0 Å². The molecule has 0 radical (unpaired) electrons. The second kappa shape index (κ2) is 6.89. The van der Waals surface area contributed by atoms with Crippen LogP contribution < -0.4 is 0 Å². The van der Waals surface area contributed by atoms with Crippen LogP contribution in [0.15, 0.2) is 0 Å². The Morgan fingerprint density at radius 1 is 1.41 bits per heavy atom. The lowest BCUT2D eigenvalue weighted by molar-refractivity contribution is -0.140. The first kappa shape index (κ1) is 14.4. The number of carboxylic acid groups (broad SMARTS) is 1. The van der Waals surface area contributed by atoms with E-state index < -0.39 is 5.97 Å². The number of unbranched alkanes of at least 4 members (excludes halogenated alkanes) is 1. The van der Waals surface area contributed by atoms with E-state index in [9.17, 15) is 9.59 Å². The van der Waals surface area contributed by atoms with Crippen molar-refractivity contribution < 1.29 is 19.4 Å². The van der Waals surface area contributed by atoms with E-state index >= 15 is 0 Å². The third kappa shape index (κ3) is 5.96. The molecule has 0 heterocycles. The molecule has 0 unspecified atom stereocenters. The first-order valence-corrected chi connectivity index (χ1v) is 7.19. The third-order valence-electron chi connectivity index (χ3n) is 2.87. The van der Waals surface area contributed by atoms with Crippen LogP contribution in [-0.2, 0) is 14.3 Å². The topological polar surface area (TPSA) is 63.6 Å².